The van der Waals surface area contributed by atoms with Gasteiger partial charge in [0.05, 0.1) is 24.5 Å². The first kappa shape index (κ1) is 21.9. The Hall–Kier alpha value is -2.38. The molecule has 2 rings (SSSR count). The van der Waals surface area contributed by atoms with Crippen LogP contribution >= 0.6 is 0 Å². The van der Waals surface area contributed by atoms with Crippen LogP contribution in [0.3, 0.4) is 0 Å². The Morgan fingerprint density at radius 3 is 2.68 bits per heavy atom. The molecule has 0 aliphatic rings. The van der Waals surface area contributed by atoms with Crippen LogP contribution in [-0.4, -0.2) is 67.6 Å². The van der Waals surface area contributed by atoms with Crippen molar-refractivity contribution in [2.75, 3.05) is 46.9 Å². The van der Waals surface area contributed by atoms with Crippen LogP contribution in [0.1, 0.15) is 23.9 Å². The molecule has 1 heterocycles. The molecule has 0 atom stereocenters. The van der Waals surface area contributed by atoms with Crippen LogP contribution < -0.4 is 10.6 Å². The van der Waals surface area contributed by atoms with Crippen molar-refractivity contribution < 1.29 is 4.74 Å². The lowest BCUT2D eigenvalue weighted by atomic mass is 10.2. The van der Waals surface area contributed by atoms with E-state index in [4.69, 9.17) is 9.73 Å². The van der Waals surface area contributed by atoms with Gasteiger partial charge in [-0.05, 0) is 45.5 Å². The van der Waals surface area contributed by atoms with Crippen LogP contribution in [0.4, 0.5) is 0 Å². The number of rotatable bonds is 10. The first-order chi connectivity index (χ1) is 13.5. The number of nitrogens with zero attached hydrogens (tertiary/aromatic N) is 4. The van der Waals surface area contributed by atoms with Crippen LogP contribution in [0, 0.1) is 13.8 Å². The normalized spacial score (nSPS) is 11.9. The lowest BCUT2D eigenvalue weighted by Gasteiger charge is -2.18. The topological polar surface area (TPSA) is 66.7 Å². The van der Waals surface area contributed by atoms with Crippen LogP contribution in [0.15, 0.2) is 35.3 Å². The van der Waals surface area contributed by atoms with E-state index >= 15 is 0 Å². The second kappa shape index (κ2) is 11.5. The maximum Gasteiger partial charge on any atom is 0.191 e. The Labute approximate surface area is 168 Å². The quantitative estimate of drug-likeness (QED) is 0.484. The van der Waals surface area contributed by atoms with Crippen LogP contribution in [0.2, 0.25) is 0 Å². The summed E-state index contributed by atoms with van der Waals surface area (Å²) >= 11 is 0. The second-order valence-electron chi connectivity index (χ2n) is 6.89. The summed E-state index contributed by atoms with van der Waals surface area (Å²) in [6, 6.07) is 10.4. The zero-order chi connectivity index (χ0) is 20.4. The molecule has 154 valence electrons. The monoisotopic (exact) mass is 386 g/mol. The molecule has 0 unspecified atom stereocenters. The molecule has 2 N–H and O–H groups in total. The fourth-order valence-electron chi connectivity index (χ4n) is 2.95. The van der Waals surface area contributed by atoms with Gasteiger partial charge in [-0.2, -0.15) is 5.10 Å². The summed E-state index contributed by atoms with van der Waals surface area (Å²) in [6.07, 6.45) is 0. The van der Waals surface area contributed by atoms with Crippen molar-refractivity contribution in [3.05, 3.63) is 47.3 Å². The highest BCUT2D eigenvalue weighted by molar-refractivity contribution is 5.79. The Morgan fingerprint density at radius 2 is 2.00 bits per heavy atom. The van der Waals surface area contributed by atoms with Gasteiger partial charge < -0.3 is 20.3 Å². The molecule has 0 saturated carbocycles. The van der Waals surface area contributed by atoms with Gasteiger partial charge in [-0.3, -0.25) is 0 Å². The number of aryl methyl sites for hydroxylation is 2. The summed E-state index contributed by atoms with van der Waals surface area (Å²) in [5, 5.41) is 11.3. The van der Waals surface area contributed by atoms with Gasteiger partial charge in [0.25, 0.3) is 0 Å². The van der Waals surface area contributed by atoms with E-state index in [0.717, 1.165) is 61.4 Å². The lowest BCUT2D eigenvalue weighted by molar-refractivity contribution is 0.162. The fraction of sp³-hybridized carbons (Fsp3) is 0.524. The third kappa shape index (κ3) is 6.65. The van der Waals surface area contributed by atoms with Gasteiger partial charge in [-0.1, -0.05) is 18.2 Å². The van der Waals surface area contributed by atoms with E-state index in [1.54, 1.807) is 7.11 Å². The highest BCUT2D eigenvalue weighted by Gasteiger charge is 2.09. The number of hydrogen-bond donors (Lipinski definition) is 2. The van der Waals surface area contributed by atoms with Crippen molar-refractivity contribution in [2.24, 2.45) is 4.99 Å². The summed E-state index contributed by atoms with van der Waals surface area (Å²) in [5.74, 6) is 0.825. The molecular formula is C21H34N6O. The zero-order valence-electron chi connectivity index (χ0n) is 17.8. The largest absolute Gasteiger partial charge is 0.383 e. The van der Waals surface area contributed by atoms with Crippen molar-refractivity contribution in [1.82, 2.24) is 25.3 Å². The average Bonchev–Trinajstić information content (AvgIpc) is 3.02. The van der Waals surface area contributed by atoms with E-state index < -0.39 is 0 Å². The number of nitrogens with one attached hydrogen (secondary N) is 2. The van der Waals surface area contributed by atoms with Gasteiger partial charge in [0.15, 0.2) is 5.96 Å². The smallest absolute Gasteiger partial charge is 0.191 e. The number of hydrogen-bond acceptors (Lipinski definition) is 4. The van der Waals surface area contributed by atoms with Crippen LogP contribution in [0.25, 0.3) is 5.69 Å². The van der Waals surface area contributed by atoms with Crippen LogP contribution in [-0.2, 0) is 11.3 Å². The Bertz CT molecular complexity index is 755. The number of methoxy groups -OCH3 is 1. The minimum absolute atomic E-state index is 0.587. The average molecular weight is 387 g/mol. The Morgan fingerprint density at radius 1 is 1.21 bits per heavy atom. The predicted octanol–water partition coefficient (Wildman–Crippen LogP) is 2.12. The lowest BCUT2D eigenvalue weighted by Crippen LogP contribution is -2.41. The molecule has 1 aromatic carbocycles. The maximum absolute atomic E-state index is 5.12. The maximum atomic E-state index is 5.12. The molecule has 0 aliphatic carbocycles. The number of para-hydroxylation sites is 1. The highest BCUT2D eigenvalue weighted by atomic mass is 16.5. The molecule has 0 aliphatic heterocycles. The molecular weight excluding hydrogens is 352 g/mol. The first-order valence-corrected chi connectivity index (χ1v) is 9.86. The molecule has 0 radical (unpaired) electrons. The van der Waals surface area contributed by atoms with Crippen molar-refractivity contribution in [3.63, 3.8) is 0 Å². The van der Waals surface area contributed by atoms with Crippen molar-refractivity contribution in [3.8, 4) is 5.69 Å². The molecule has 0 fully saturated rings. The Balaban J connectivity index is 2.04. The molecule has 0 spiro atoms. The van der Waals surface area contributed by atoms with Gasteiger partial charge in [0, 0.05) is 39.0 Å². The molecule has 7 nitrogen and oxygen atoms in total. The summed E-state index contributed by atoms with van der Waals surface area (Å²) < 4.78 is 7.11. The Kier molecular flexibility index (Phi) is 8.97. The number of aliphatic imine (C=N–C) groups is 1. The molecule has 2 aromatic rings. The van der Waals surface area contributed by atoms with E-state index in [-0.39, 0.29) is 0 Å². The number of guanidine groups is 1. The minimum Gasteiger partial charge on any atom is -0.383 e. The van der Waals surface area contributed by atoms with Crippen molar-refractivity contribution in [1.29, 1.82) is 0 Å². The van der Waals surface area contributed by atoms with Crippen molar-refractivity contribution >= 4 is 5.96 Å². The number of benzene rings is 1. The SMILES string of the molecule is CCNC(=NCc1ccccc1-n1nc(C)cc1C)NCCN(C)CCOC. The number of aromatic nitrogens is 2. The minimum atomic E-state index is 0.587. The molecule has 1 aromatic heterocycles. The number of ether oxygens (including phenoxy) is 1. The molecule has 28 heavy (non-hydrogen) atoms. The molecule has 0 amide bonds. The third-order valence-corrected chi connectivity index (χ3v) is 4.44. The van der Waals surface area contributed by atoms with Gasteiger partial charge in [0.2, 0.25) is 0 Å². The predicted molar refractivity (Wildman–Crippen MR) is 115 cm³/mol. The van der Waals surface area contributed by atoms with Gasteiger partial charge in [-0.25, -0.2) is 9.67 Å². The van der Waals surface area contributed by atoms with Crippen LogP contribution in [0.5, 0.6) is 0 Å². The van der Waals surface area contributed by atoms with E-state index in [1.165, 1.54) is 0 Å². The zero-order valence-corrected chi connectivity index (χ0v) is 17.8. The summed E-state index contributed by atoms with van der Waals surface area (Å²) in [6.45, 7) is 11.0. The van der Waals surface area contributed by atoms with E-state index in [0.29, 0.717) is 6.54 Å². The molecule has 0 saturated heterocycles. The van der Waals surface area contributed by atoms with E-state index in [9.17, 15) is 0 Å². The van der Waals surface area contributed by atoms with Crippen molar-refractivity contribution in [2.45, 2.75) is 27.3 Å². The fourth-order valence-corrected chi connectivity index (χ4v) is 2.95. The summed E-state index contributed by atoms with van der Waals surface area (Å²) in [4.78, 5) is 7.01. The van der Waals surface area contributed by atoms with E-state index in [1.807, 2.05) is 23.7 Å². The van der Waals surface area contributed by atoms with Gasteiger partial charge in [-0.15, -0.1) is 0 Å². The van der Waals surface area contributed by atoms with Gasteiger partial charge in [0.1, 0.15) is 0 Å². The number of likely N-dealkylation sites (N-methyl/N-ethyl adjacent to an activating group) is 1. The standard InChI is InChI=1S/C21H34N6O/c1-6-22-21(23-11-12-26(4)13-14-28-5)24-16-19-9-7-8-10-20(19)27-18(3)15-17(2)25-27/h7-10,15H,6,11-14,16H2,1-5H3,(H2,22,23,24). The molecule has 0 bridgehead atoms. The molecule has 7 heteroatoms. The summed E-state index contributed by atoms with van der Waals surface area (Å²) in [7, 11) is 3.82. The summed E-state index contributed by atoms with van der Waals surface area (Å²) in [5.41, 5.74) is 4.36. The second-order valence-corrected chi connectivity index (χ2v) is 6.89. The van der Waals surface area contributed by atoms with Gasteiger partial charge >= 0.3 is 0 Å². The first-order valence-electron chi connectivity index (χ1n) is 9.86. The highest BCUT2D eigenvalue weighted by Crippen LogP contribution is 2.17. The van der Waals surface area contributed by atoms with E-state index in [2.05, 4.69) is 59.7 Å². The third-order valence-electron chi connectivity index (χ3n) is 4.44.